The van der Waals surface area contributed by atoms with Crippen molar-refractivity contribution in [1.29, 1.82) is 0 Å². The first-order valence-corrected chi connectivity index (χ1v) is 8.25. The van der Waals surface area contributed by atoms with Crippen molar-refractivity contribution in [2.24, 2.45) is 0 Å². The van der Waals surface area contributed by atoms with Gasteiger partial charge in [0.05, 0.1) is 6.04 Å². The van der Waals surface area contributed by atoms with Crippen molar-refractivity contribution in [2.75, 3.05) is 25.4 Å². The second-order valence-corrected chi connectivity index (χ2v) is 6.04. The third kappa shape index (κ3) is 4.26. The molecule has 1 saturated heterocycles. The van der Waals surface area contributed by atoms with E-state index in [0.717, 1.165) is 30.8 Å². The van der Waals surface area contributed by atoms with Gasteiger partial charge in [-0.25, -0.2) is 4.79 Å². The summed E-state index contributed by atoms with van der Waals surface area (Å²) in [6, 6.07) is 17.6. The van der Waals surface area contributed by atoms with Gasteiger partial charge in [0.2, 0.25) is 0 Å². The number of ether oxygens (including phenoxy) is 1. The van der Waals surface area contributed by atoms with Crippen LogP contribution in [-0.4, -0.2) is 36.7 Å². The predicted molar refractivity (Wildman–Crippen MR) is 94.5 cm³/mol. The Kier molecular flexibility index (Phi) is 5.33. The molecule has 1 heterocycles. The Morgan fingerprint density at radius 3 is 2.62 bits per heavy atom. The van der Waals surface area contributed by atoms with Crippen LogP contribution < -0.4 is 11.1 Å². The van der Waals surface area contributed by atoms with Gasteiger partial charge in [0, 0.05) is 25.3 Å². The highest BCUT2D eigenvalue weighted by atomic mass is 16.6. The van der Waals surface area contributed by atoms with Crippen molar-refractivity contribution in [3.05, 3.63) is 65.7 Å². The molecule has 0 bridgehead atoms. The Labute approximate surface area is 142 Å². The van der Waals surface area contributed by atoms with E-state index >= 15 is 0 Å². The third-order valence-corrected chi connectivity index (χ3v) is 4.24. The molecule has 1 atom stereocenters. The van der Waals surface area contributed by atoms with Gasteiger partial charge >= 0.3 is 6.09 Å². The fraction of sp³-hybridized carbons (Fsp3) is 0.316. The van der Waals surface area contributed by atoms with Crippen LogP contribution in [0.25, 0.3) is 0 Å². The van der Waals surface area contributed by atoms with Crippen LogP contribution in [0.4, 0.5) is 10.5 Å². The molecule has 126 valence electrons. The molecule has 0 radical (unpaired) electrons. The Hall–Kier alpha value is -2.53. The fourth-order valence-corrected chi connectivity index (χ4v) is 2.91. The second kappa shape index (κ2) is 7.84. The smallest absolute Gasteiger partial charge is 0.410 e. The molecule has 1 aliphatic heterocycles. The molecule has 1 amide bonds. The molecule has 1 fully saturated rings. The number of nitrogen functional groups attached to an aromatic ring is 1. The molecule has 0 aromatic heterocycles. The minimum atomic E-state index is -0.249. The van der Waals surface area contributed by atoms with E-state index in [1.807, 2.05) is 59.5 Å². The van der Waals surface area contributed by atoms with E-state index in [4.69, 9.17) is 10.5 Å². The van der Waals surface area contributed by atoms with Gasteiger partial charge in [0.15, 0.2) is 0 Å². The second-order valence-electron chi connectivity index (χ2n) is 6.04. The molecule has 0 saturated carbocycles. The normalized spacial score (nSPS) is 17.5. The first-order valence-electron chi connectivity index (χ1n) is 8.25. The van der Waals surface area contributed by atoms with Crippen LogP contribution in [0.5, 0.6) is 0 Å². The summed E-state index contributed by atoms with van der Waals surface area (Å²) < 4.78 is 5.49. The Bertz CT molecular complexity index is 658. The van der Waals surface area contributed by atoms with Crippen LogP contribution in [0.1, 0.15) is 11.1 Å². The van der Waals surface area contributed by atoms with Crippen molar-refractivity contribution in [2.45, 2.75) is 19.1 Å². The van der Waals surface area contributed by atoms with E-state index in [9.17, 15) is 4.79 Å². The van der Waals surface area contributed by atoms with Gasteiger partial charge in [0.25, 0.3) is 0 Å². The summed E-state index contributed by atoms with van der Waals surface area (Å²) in [5.74, 6) is 0. The van der Waals surface area contributed by atoms with E-state index in [0.29, 0.717) is 13.2 Å². The molecule has 2 aromatic rings. The number of rotatable bonds is 4. The number of nitrogens with one attached hydrogen (secondary N) is 1. The number of hydrogen-bond donors (Lipinski definition) is 2. The van der Waals surface area contributed by atoms with Crippen molar-refractivity contribution < 1.29 is 9.53 Å². The van der Waals surface area contributed by atoms with Gasteiger partial charge in [-0.2, -0.15) is 0 Å². The summed E-state index contributed by atoms with van der Waals surface area (Å²) >= 11 is 0. The average molecular weight is 325 g/mol. The summed E-state index contributed by atoms with van der Waals surface area (Å²) in [5.41, 5.74) is 8.64. The van der Waals surface area contributed by atoms with Crippen LogP contribution in [0, 0.1) is 0 Å². The van der Waals surface area contributed by atoms with Crippen LogP contribution in [0.15, 0.2) is 54.6 Å². The third-order valence-electron chi connectivity index (χ3n) is 4.24. The van der Waals surface area contributed by atoms with E-state index < -0.39 is 0 Å². The Morgan fingerprint density at radius 1 is 1.12 bits per heavy atom. The molecular formula is C19H23N3O2. The number of nitrogens with zero attached hydrogens (tertiary/aromatic N) is 1. The van der Waals surface area contributed by atoms with Crippen molar-refractivity contribution in [1.82, 2.24) is 10.2 Å². The fourth-order valence-electron chi connectivity index (χ4n) is 2.91. The zero-order valence-electron chi connectivity index (χ0n) is 13.7. The first-order chi connectivity index (χ1) is 11.7. The zero-order valence-corrected chi connectivity index (χ0v) is 13.7. The summed E-state index contributed by atoms with van der Waals surface area (Å²) in [7, 11) is 0. The first kappa shape index (κ1) is 16.3. The van der Waals surface area contributed by atoms with Crippen molar-refractivity contribution in [3.63, 3.8) is 0 Å². The summed E-state index contributed by atoms with van der Waals surface area (Å²) in [4.78, 5) is 14.3. The minimum Gasteiger partial charge on any atom is -0.445 e. The molecule has 5 heteroatoms. The molecule has 0 aliphatic carbocycles. The van der Waals surface area contributed by atoms with Gasteiger partial charge in [-0.15, -0.1) is 0 Å². The lowest BCUT2D eigenvalue weighted by Gasteiger charge is -2.35. The molecule has 3 N–H and O–H groups in total. The molecule has 1 unspecified atom stereocenters. The summed E-state index contributed by atoms with van der Waals surface area (Å²) in [5, 5.41) is 3.35. The number of hydrogen-bond acceptors (Lipinski definition) is 4. The lowest BCUT2D eigenvalue weighted by atomic mass is 10.0. The Morgan fingerprint density at radius 2 is 1.88 bits per heavy atom. The van der Waals surface area contributed by atoms with Gasteiger partial charge in [-0.3, -0.25) is 0 Å². The van der Waals surface area contributed by atoms with Crippen molar-refractivity contribution >= 4 is 11.8 Å². The number of benzene rings is 2. The molecule has 5 nitrogen and oxygen atoms in total. The Balaban J connectivity index is 1.60. The molecule has 1 aliphatic rings. The summed E-state index contributed by atoms with van der Waals surface area (Å²) in [6.07, 6.45) is 0.536. The lowest BCUT2D eigenvalue weighted by Crippen LogP contribution is -2.54. The molecular weight excluding hydrogens is 302 g/mol. The molecule has 2 aromatic carbocycles. The minimum absolute atomic E-state index is 0.0886. The van der Waals surface area contributed by atoms with Crippen LogP contribution in [0.3, 0.4) is 0 Å². The number of amides is 1. The molecule has 3 rings (SSSR count). The molecule has 24 heavy (non-hydrogen) atoms. The highest BCUT2D eigenvalue weighted by Crippen LogP contribution is 2.15. The maximum absolute atomic E-state index is 12.5. The number of piperazine rings is 1. The van der Waals surface area contributed by atoms with Crippen LogP contribution in [0.2, 0.25) is 0 Å². The number of carbonyl (C=O) groups excluding carboxylic acids is 1. The summed E-state index contributed by atoms with van der Waals surface area (Å²) in [6.45, 7) is 2.52. The van der Waals surface area contributed by atoms with E-state index in [1.165, 1.54) is 5.56 Å². The van der Waals surface area contributed by atoms with E-state index in [1.54, 1.807) is 0 Å². The standard InChI is InChI=1S/C19H23N3O2/c20-17-8-6-15(7-9-17)12-18-13-21-10-11-22(18)19(23)24-14-16-4-2-1-3-5-16/h1-9,18,21H,10-14,20H2. The monoisotopic (exact) mass is 325 g/mol. The largest absolute Gasteiger partial charge is 0.445 e. The van der Waals surface area contributed by atoms with Gasteiger partial charge < -0.3 is 20.7 Å². The SMILES string of the molecule is Nc1ccc(CC2CNCCN2C(=O)OCc2ccccc2)cc1. The maximum atomic E-state index is 12.5. The number of nitrogens with two attached hydrogens (primary N) is 1. The number of anilines is 1. The zero-order chi connectivity index (χ0) is 16.8. The molecule has 0 spiro atoms. The quantitative estimate of drug-likeness (QED) is 0.847. The lowest BCUT2D eigenvalue weighted by molar-refractivity contribution is 0.0722. The van der Waals surface area contributed by atoms with Gasteiger partial charge in [0.1, 0.15) is 6.61 Å². The van der Waals surface area contributed by atoms with Gasteiger partial charge in [-0.05, 0) is 29.7 Å². The maximum Gasteiger partial charge on any atom is 0.410 e. The van der Waals surface area contributed by atoms with E-state index in [2.05, 4.69) is 5.32 Å². The topological polar surface area (TPSA) is 67.6 Å². The predicted octanol–water partition coefficient (Wildman–Crippen LogP) is 2.42. The number of carbonyl (C=O) groups is 1. The highest BCUT2D eigenvalue weighted by molar-refractivity contribution is 5.68. The average Bonchev–Trinajstić information content (AvgIpc) is 2.63. The van der Waals surface area contributed by atoms with Crippen LogP contribution in [-0.2, 0) is 17.8 Å². The van der Waals surface area contributed by atoms with Crippen LogP contribution >= 0.6 is 0 Å². The van der Waals surface area contributed by atoms with Gasteiger partial charge in [-0.1, -0.05) is 42.5 Å². The highest BCUT2D eigenvalue weighted by Gasteiger charge is 2.27. The van der Waals surface area contributed by atoms with E-state index in [-0.39, 0.29) is 12.1 Å². The van der Waals surface area contributed by atoms with Crippen molar-refractivity contribution in [3.8, 4) is 0 Å².